The average Bonchev–Trinajstić information content (AvgIpc) is 3.58. The summed E-state index contributed by atoms with van der Waals surface area (Å²) in [6.07, 6.45) is 0. The summed E-state index contributed by atoms with van der Waals surface area (Å²) in [6, 6.07) is 73.8. The van der Waals surface area contributed by atoms with Gasteiger partial charge in [-0.1, -0.05) is 176 Å². The number of hydrogen-bond acceptors (Lipinski definition) is 6. The number of rotatable bonds is 10. The number of hydrogen-bond donors (Lipinski definition) is 0. The van der Waals surface area contributed by atoms with Gasteiger partial charge in [-0.3, -0.25) is 0 Å². The van der Waals surface area contributed by atoms with Gasteiger partial charge in [0.2, 0.25) is 0 Å². The topological polar surface area (TPSA) is 60.4 Å². The van der Waals surface area contributed by atoms with Gasteiger partial charge in [0.1, 0.15) is 0 Å². The first-order valence-corrected chi connectivity index (χ1v) is 21.8. The first kappa shape index (κ1) is 40.6. The van der Waals surface area contributed by atoms with Crippen molar-refractivity contribution in [3.05, 3.63) is 212 Å². The molecule has 1 saturated heterocycles. The van der Waals surface area contributed by atoms with E-state index in [1.165, 1.54) is 22.3 Å². The highest BCUT2D eigenvalue weighted by Gasteiger charge is 2.52. The van der Waals surface area contributed by atoms with Crippen LogP contribution in [0.4, 0.5) is 17.1 Å². The Balaban J connectivity index is 1.05. The molecule has 2 heterocycles. The number of nitrogens with zero attached hydrogens (tertiary/aromatic N) is 4. The largest absolute Gasteiger partial charge is 0.495 e. The molecular weight excluding hydrogens is 783 g/mol. The molecule has 0 N–H and O–H groups in total. The Morgan fingerprint density at radius 3 is 1.05 bits per heavy atom. The van der Waals surface area contributed by atoms with Crippen LogP contribution in [0.25, 0.3) is 67.5 Å². The smallest absolute Gasteiger partial charge is 0.399 e. The van der Waals surface area contributed by atoms with E-state index in [9.17, 15) is 0 Å². The van der Waals surface area contributed by atoms with Crippen LogP contribution >= 0.6 is 0 Å². The van der Waals surface area contributed by atoms with Gasteiger partial charge in [0.25, 0.3) is 0 Å². The Morgan fingerprint density at radius 1 is 0.344 bits per heavy atom. The second-order valence-corrected chi connectivity index (χ2v) is 17.1. The van der Waals surface area contributed by atoms with Gasteiger partial charge in [0, 0.05) is 33.8 Å². The van der Waals surface area contributed by atoms with Crippen LogP contribution in [0, 0.1) is 0 Å². The van der Waals surface area contributed by atoms with Crippen LogP contribution in [-0.4, -0.2) is 33.3 Å². The Bertz CT molecular complexity index is 2860. The fourth-order valence-corrected chi connectivity index (χ4v) is 8.16. The zero-order valence-corrected chi connectivity index (χ0v) is 36.4. The molecule has 9 aromatic rings. The van der Waals surface area contributed by atoms with Gasteiger partial charge >= 0.3 is 7.12 Å². The van der Waals surface area contributed by atoms with Gasteiger partial charge in [-0.05, 0) is 103 Å². The van der Waals surface area contributed by atoms with E-state index in [2.05, 4.69) is 172 Å². The molecule has 1 fully saturated rings. The summed E-state index contributed by atoms with van der Waals surface area (Å²) in [5.74, 6) is 1.74. The van der Waals surface area contributed by atoms with Crippen molar-refractivity contribution in [1.29, 1.82) is 0 Å². The van der Waals surface area contributed by atoms with Gasteiger partial charge in [0.05, 0.1) is 11.2 Å². The molecule has 0 spiro atoms. The average molecular weight is 831 g/mol. The van der Waals surface area contributed by atoms with E-state index in [-0.39, 0.29) is 0 Å². The highest BCUT2D eigenvalue weighted by atomic mass is 16.7. The summed E-state index contributed by atoms with van der Waals surface area (Å²) < 4.78 is 13.5. The van der Waals surface area contributed by atoms with E-state index in [1.54, 1.807) is 0 Å². The molecule has 1 aliphatic heterocycles. The molecule has 0 aliphatic carbocycles. The lowest BCUT2D eigenvalue weighted by molar-refractivity contribution is 0.00578. The van der Waals surface area contributed by atoms with Crippen LogP contribution in [-0.2, 0) is 9.31 Å². The summed E-state index contributed by atoms with van der Waals surface area (Å²) in [6.45, 7) is 8.31. The van der Waals surface area contributed by atoms with E-state index in [0.29, 0.717) is 17.5 Å². The fraction of sp³-hybridized carbons (Fsp3) is 0.105. The number of anilines is 3. The van der Waals surface area contributed by atoms with E-state index >= 15 is 0 Å². The number of aromatic nitrogens is 3. The molecule has 8 aromatic carbocycles. The summed E-state index contributed by atoms with van der Waals surface area (Å²) in [7, 11) is -0.662. The fourth-order valence-electron chi connectivity index (χ4n) is 8.16. The highest BCUT2D eigenvalue weighted by Crippen LogP contribution is 2.40. The van der Waals surface area contributed by atoms with Crippen LogP contribution in [0.2, 0.25) is 0 Å². The zero-order chi connectivity index (χ0) is 43.7. The molecule has 6 nitrogen and oxygen atoms in total. The van der Waals surface area contributed by atoms with Crippen molar-refractivity contribution >= 4 is 29.6 Å². The Labute approximate surface area is 376 Å². The first-order chi connectivity index (χ1) is 31.2. The monoisotopic (exact) mass is 830 g/mol. The normalized spacial score (nSPS) is 14.0. The Kier molecular flexibility index (Phi) is 10.8. The molecule has 7 heteroatoms. The predicted molar refractivity (Wildman–Crippen MR) is 263 cm³/mol. The van der Waals surface area contributed by atoms with Gasteiger partial charge in [-0.2, -0.15) is 0 Å². The lowest BCUT2D eigenvalue weighted by atomic mass is 9.74. The molecule has 0 atom stereocenters. The minimum Gasteiger partial charge on any atom is -0.399 e. The van der Waals surface area contributed by atoms with Crippen molar-refractivity contribution < 1.29 is 9.31 Å². The maximum Gasteiger partial charge on any atom is 0.495 e. The molecule has 310 valence electrons. The predicted octanol–water partition coefficient (Wildman–Crippen LogP) is 13.6. The summed E-state index contributed by atoms with van der Waals surface area (Å²) in [4.78, 5) is 17.5. The van der Waals surface area contributed by atoms with E-state index in [1.807, 2.05) is 72.8 Å². The van der Waals surface area contributed by atoms with Gasteiger partial charge in [0.15, 0.2) is 17.5 Å². The molecule has 0 bridgehead atoms. The van der Waals surface area contributed by atoms with Crippen LogP contribution in [0.1, 0.15) is 27.7 Å². The molecule has 0 saturated carbocycles. The van der Waals surface area contributed by atoms with Crippen molar-refractivity contribution in [2.24, 2.45) is 0 Å². The first-order valence-electron chi connectivity index (χ1n) is 21.8. The van der Waals surface area contributed by atoms with Gasteiger partial charge in [-0.15, -0.1) is 0 Å². The molecular formula is C57H47BN4O2. The maximum atomic E-state index is 6.75. The Hall–Kier alpha value is -7.45. The molecule has 64 heavy (non-hydrogen) atoms. The van der Waals surface area contributed by atoms with Crippen LogP contribution < -0.4 is 10.4 Å². The third-order valence-electron chi connectivity index (χ3n) is 12.4. The van der Waals surface area contributed by atoms with Gasteiger partial charge in [-0.25, -0.2) is 15.0 Å². The second-order valence-electron chi connectivity index (χ2n) is 17.1. The van der Waals surface area contributed by atoms with E-state index in [4.69, 9.17) is 24.3 Å². The summed E-state index contributed by atoms with van der Waals surface area (Å²) >= 11 is 0. The SMILES string of the molecule is CC1(C)OB(c2cc(-c3ccc(N(c4ccc(-c5ccccc5)cc4)c4ccc(-c5ccccc5)cc4)cc3)ccc2-c2nc(-c3ccccc3)nc(-c3ccccc3)n2)OC1(C)C. The highest BCUT2D eigenvalue weighted by molar-refractivity contribution is 6.64. The molecule has 10 rings (SSSR count). The lowest BCUT2D eigenvalue weighted by Crippen LogP contribution is -2.41. The quantitative estimate of drug-likeness (QED) is 0.128. The molecule has 1 aromatic heterocycles. The summed E-state index contributed by atoms with van der Waals surface area (Å²) in [5, 5.41) is 0. The summed E-state index contributed by atoms with van der Waals surface area (Å²) in [5.41, 5.74) is 12.3. The molecule has 0 amide bonds. The number of benzene rings is 8. The van der Waals surface area contributed by atoms with Crippen LogP contribution in [0.5, 0.6) is 0 Å². The lowest BCUT2D eigenvalue weighted by Gasteiger charge is -2.32. The van der Waals surface area contributed by atoms with Crippen LogP contribution in [0.15, 0.2) is 212 Å². The third-order valence-corrected chi connectivity index (χ3v) is 12.4. The molecule has 1 aliphatic rings. The minimum absolute atomic E-state index is 0.548. The Morgan fingerprint density at radius 2 is 0.656 bits per heavy atom. The maximum absolute atomic E-state index is 6.75. The second kappa shape index (κ2) is 17.0. The van der Waals surface area contributed by atoms with Crippen LogP contribution in [0.3, 0.4) is 0 Å². The molecule has 0 radical (unpaired) electrons. The van der Waals surface area contributed by atoms with Gasteiger partial charge < -0.3 is 14.2 Å². The zero-order valence-electron chi connectivity index (χ0n) is 36.4. The molecule has 0 unspecified atom stereocenters. The van der Waals surface area contributed by atoms with E-state index < -0.39 is 18.3 Å². The third kappa shape index (κ3) is 8.15. The van der Waals surface area contributed by atoms with Crippen molar-refractivity contribution in [2.45, 2.75) is 38.9 Å². The van der Waals surface area contributed by atoms with Crippen molar-refractivity contribution in [2.75, 3.05) is 4.90 Å². The van der Waals surface area contributed by atoms with Crippen molar-refractivity contribution in [3.63, 3.8) is 0 Å². The minimum atomic E-state index is -0.662. The van der Waals surface area contributed by atoms with E-state index in [0.717, 1.165) is 50.3 Å². The standard InChI is InChI=1S/C57H47BN4O2/c1-56(2)57(3,4)64-58(63-56)52-39-47(31-38-51(52)55-60-53(45-21-13-7-14-22-45)59-54(61-55)46-23-15-8-16-24-46)44-29-36-50(37-30-44)62(48-32-25-42(26-33-48)40-17-9-5-10-18-40)49-34-27-43(28-35-49)41-19-11-6-12-20-41/h5-39H,1-4H3. The van der Waals surface area contributed by atoms with Crippen molar-refractivity contribution in [1.82, 2.24) is 15.0 Å². The van der Waals surface area contributed by atoms with Crippen molar-refractivity contribution in [3.8, 4) is 67.5 Å².